The molecule has 1 heterocycles. The SMILES string of the molecule is COCCNC(=O)c1coc(CN(Cc2ccc(C(F)(F)F)cc2)C(C)c2ccccc2)n1. The summed E-state index contributed by atoms with van der Waals surface area (Å²) in [6.07, 6.45) is -3.09. The Kier molecular flexibility index (Phi) is 8.24. The molecule has 3 rings (SSSR count). The van der Waals surface area contributed by atoms with Gasteiger partial charge >= 0.3 is 6.18 Å². The Morgan fingerprint density at radius 2 is 1.82 bits per heavy atom. The molecule has 0 radical (unpaired) electrons. The number of rotatable bonds is 10. The largest absolute Gasteiger partial charge is 0.447 e. The molecule has 0 fully saturated rings. The number of hydrogen-bond donors (Lipinski definition) is 1. The molecule has 1 aromatic heterocycles. The highest BCUT2D eigenvalue weighted by molar-refractivity contribution is 5.91. The molecule has 1 N–H and O–H groups in total. The van der Waals surface area contributed by atoms with Crippen molar-refractivity contribution in [2.75, 3.05) is 20.3 Å². The second-order valence-corrected chi connectivity index (χ2v) is 7.56. The summed E-state index contributed by atoms with van der Waals surface area (Å²) in [6.45, 7) is 3.36. The van der Waals surface area contributed by atoms with Crippen LogP contribution in [0.5, 0.6) is 0 Å². The molecule has 0 saturated heterocycles. The van der Waals surface area contributed by atoms with Crippen LogP contribution in [-0.2, 0) is 24.0 Å². The van der Waals surface area contributed by atoms with Gasteiger partial charge in [-0.15, -0.1) is 0 Å². The van der Waals surface area contributed by atoms with Crippen LogP contribution in [0, 0.1) is 0 Å². The zero-order valence-corrected chi connectivity index (χ0v) is 18.4. The number of oxazole rings is 1. The Morgan fingerprint density at radius 3 is 2.45 bits per heavy atom. The number of methoxy groups -OCH3 is 1. The molecule has 1 unspecified atom stereocenters. The molecule has 0 saturated carbocycles. The highest BCUT2D eigenvalue weighted by Crippen LogP contribution is 2.30. The summed E-state index contributed by atoms with van der Waals surface area (Å²) >= 11 is 0. The Labute approximate surface area is 190 Å². The minimum absolute atomic E-state index is 0.0839. The predicted molar refractivity (Wildman–Crippen MR) is 116 cm³/mol. The molecule has 33 heavy (non-hydrogen) atoms. The number of ether oxygens (including phenoxy) is 1. The van der Waals surface area contributed by atoms with Crippen molar-refractivity contribution in [1.29, 1.82) is 0 Å². The van der Waals surface area contributed by atoms with Crippen molar-refractivity contribution < 1.29 is 27.1 Å². The number of benzene rings is 2. The first-order chi connectivity index (χ1) is 15.8. The van der Waals surface area contributed by atoms with Gasteiger partial charge in [0.1, 0.15) is 6.26 Å². The number of aromatic nitrogens is 1. The second kappa shape index (κ2) is 11.1. The van der Waals surface area contributed by atoms with Gasteiger partial charge in [-0.25, -0.2) is 4.98 Å². The van der Waals surface area contributed by atoms with Crippen LogP contribution in [0.4, 0.5) is 13.2 Å². The first-order valence-corrected chi connectivity index (χ1v) is 10.4. The number of hydrogen-bond acceptors (Lipinski definition) is 5. The van der Waals surface area contributed by atoms with Gasteiger partial charge in [0, 0.05) is 26.2 Å². The third-order valence-corrected chi connectivity index (χ3v) is 5.21. The lowest BCUT2D eigenvalue weighted by molar-refractivity contribution is -0.137. The van der Waals surface area contributed by atoms with E-state index < -0.39 is 11.7 Å². The molecule has 0 aliphatic carbocycles. The molecule has 0 spiro atoms. The zero-order chi connectivity index (χ0) is 23.8. The van der Waals surface area contributed by atoms with Gasteiger partial charge in [-0.1, -0.05) is 42.5 Å². The second-order valence-electron chi connectivity index (χ2n) is 7.56. The molecule has 2 aromatic carbocycles. The summed E-state index contributed by atoms with van der Waals surface area (Å²) in [6, 6.07) is 14.7. The molecule has 176 valence electrons. The summed E-state index contributed by atoms with van der Waals surface area (Å²) in [5.74, 6) is -0.0333. The van der Waals surface area contributed by atoms with E-state index in [0.717, 1.165) is 23.3 Å². The maximum atomic E-state index is 12.9. The average Bonchev–Trinajstić information content (AvgIpc) is 3.27. The third kappa shape index (κ3) is 6.90. The topological polar surface area (TPSA) is 67.6 Å². The fourth-order valence-corrected chi connectivity index (χ4v) is 3.32. The molecule has 0 aliphatic rings. The van der Waals surface area contributed by atoms with E-state index in [-0.39, 0.29) is 24.2 Å². The standard InChI is InChI=1S/C24H26F3N3O3/c1-17(19-6-4-3-5-7-19)30(14-18-8-10-20(11-9-18)24(25,26)27)15-22-29-21(16-33-22)23(31)28-12-13-32-2/h3-11,16-17H,12-15H2,1-2H3,(H,28,31). The van der Waals surface area contributed by atoms with E-state index in [1.807, 2.05) is 42.2 Å². The average molecular weight is 461 g/mol. The summed E-state index contributed by atoms with van der Waals surface area (Å²) in [5, 5.41) is 2.68. The monoisotopic (exact) mass is 461 g/mol. The van der Waals surface area contributed by atoms with E-state index in [1.54, 1.807) is 7.11 Å². The quantitative estimate of drug-likeness (QED) is 0.438. The number of halogens is 3. The fraction of sp³-hybridized carbons (Fsp3) is 0.333. The molecule has 6 nitrogen and oxygen atoms in total. The minimum atomic E-state index is -4.38. The molecular weight excluding hydrogens is 435 g/mol. The van der Waals surface area contributed by atoms with Crippen LogP contribution >= 0.6 is 0 Å². The maximum Gasteiger partial charge on any atom is 0.416 e. The highest BCUT2D eigenvalue weighted by Gasteiger charge is 2.30. The Morgan fingerprint density at radius 1 is 1.12 bits per heavy atom. The van der Waals surface area contributed by atoms with Crippen molar-refractivity contribution in [1.82, 2.24) is 15.2 Å². The number of amides is 1. The molecule has 3 aromatic rings. The Bertz CT molecular complexity index is 1020. The number of nitrogens with one attached hydrogen (secondary N) is 1. The van der Waals surface area contributed by atoms with E-state index in [2.05, 4.69) is 10.3 Å². The third-order valence-electron chi connectivity index (χ3n) is 5.21. The molecule has 9 heteroatoms. The lowest BCUT2D eigenvalue weighted by Gasteiger charge is -2.28. The zero-order valence-electron chi connectivity index (χ0n) is 18.4. The number of carbonyl (C=O) groups is 1. The number of alkyl halides is 3. The Hall–Kier alpha value is -3.17. The van der Waals surface area contributed by atoms with Crippen molar-refractivity contribution in [3.05, 3.63) is 89.1 Å². The van der Waals surface area contributed by atoms with Crippen LogP contribution in [0.1, 0.15) is 46.0 Å². The van der Waals surface area contributed by atoms with Crippen LogP contribution < -0.4 is 5.32 Å². The van der Waals surface area contributed by atoms with Crippen molar-refractivity contribution in [2.45, 2.75) is 32.2 Å². The van der Waals surface area contributed by atoms with E-state index in [9.17, 15) is 18.0 Å². The van der Waals surface area contributed by atoms with Crippen molar-refractivity contribution in [3.8, 4) is 0 Å². The van der Waals surface area contributed by atoms with Gasteiger partial charge in [-0.3, -0.25) is 9.69 Å². The number of nitrogens with zero attached hydrogens (tertiary/aromatic N) is 2. The van der Waals surface area contributed by atoms with Crippen LogP contribution in [-0.4, -0.2) is 36.1 Å². The van der Waals surface area contributed by atoms with Crippen LogP contribution in [0.2, 0.25) is 0 Å². The van der Waals surface area contributed by atoms with Gasteiger partial charge in [0.15, 0.2) is 5.69 Å². The first-order valence-electron chi connectivity index (χ1n) is 10.4. The minimum Gasteiger partial charge on any atom is -0.447 e. The summed E-state index contributed by atoms with van der Waals surface area (Å²) < 4.78 is 49.2. The summed E-state index contributed by atoms with van der Waals surface area (Å²) in [4.78, 5) is 18.5. The van der Waals surface area contributed by atoms with Crippen molar-refractivity contribution >= 4 is 5.91 Å². The molecule has 0 bridgehead atoms. The lowest BCUT2D eigenvalue weighted by Crippen LogP contribution is -2.28. The van der Waals surface area contributed by atoms with E-state index in [1.165, 1.54) is 18.4 Å². The Balaban J connectivity index is 1.77. The first kappa shape index (κ1) is 24.5. The van der Waals surface area contributed by atoms with Crippen LogP contribution in [0.25, 0.3) is 0 Å². The van der Waals surface area contributed by atoms with E-state index in [0.29, 0.717) is 25.6 Å². The summed E-state index contributed by atoms with van der Waals surface area (Å²) in [5.41, 5.74) is 1.22. The van der Waals surface area contributed by atoms with Gasteiger partial charge < -0.3 is 14.5 Å². The van der Waals surface area contributed by atoms with Crippen molar-refractivity contribution in [3.63, 3.8) is 0 Å². The van der Waals surface area contributed by atoms with Crippen LogP contribution in [0.15, 0.2) is 65.3 Å². The maximum absolute atomic E-state index is 12.9. The van der Waals surface area contributed by atoms with Gasteiger partial charge in [0.2, 0.25) is 5.89 Å². The fourth-order valence-electron chi connectivity index (χ4n) is 3.32. The normalized spacial score (nSPS) is 12.7. The van der Waals surface area contributed by atoms with E-state index >= 15 is 0 Å². The van der Waals surface area contributed by atoms with Crippen molar-refractivity contribution in [2.24, 2.45) is 0 Å². The van der Waals surface area contributed by atoms with Gasteiger partial charge in [0.25, 0.3) is 5.91 Å². The predicted octanol–water partition coefficient (Wildman–Crippen LogP) is 4.83. The molecule has 0 aliphatic heterocycles. The lowest BCUT2D eigenvalue weighted by atomic mass is 10.1. The van der Waals surface area contributed by atoms with E-state index in [4.69, 9.17) is 9.15 Å². The number of carbonyl (C=O) groups excluding carboxylic acids is 1. The molecular formula is C24H26F3N3O3. The van der Waals surface area contributed by atoms with Gasteiger partial charge in [0.05, 0.1) is 18.7 Å². The summed E-state index contributed by atoms with van der Waals surface area (Å²) in [7, 11) is 1.54. The van der Waals surface area contributed by atoms with Gasteiger partial charge in [-0.2, -0.15) is 13.2 Å². The molecule has 1 amide bonds. The van der Waals surface area contributed by atoms with Crippen LogP contribution in [0.3, 0.4) is 0 Å². The highest BCUT2D eigenvalue weighted by atomic mass is 19.4. The van der Waals surface area contributed by atoms with Gasteiger partial charge in [-0.05, 0) is 30.2 Å². The molecule has 1 atom stereocenters. The smallest absolute Gasteiger partial charge is 0.416 e.